The molecule has 2 aliphatic rings. The number of H-pyrrole nitrogens is 1. The molecule has 0 spiro atoms. The molecule has 138 valence electrons. The Morgan fingerprint density at radius 3 is 2.44 bits per heavy atom. The third-order valence-corrected chi connectivity index (χ3v) is 5.62. The Morgan fingerprint density at radius 1 is 1.00 bits per heavy atom. The summed E-state index contributed by atoms with van der Waals surface area (Å²) in [7, 11) is 0. The van der Waals surface area contributed by atoms with Crippen molar-refractivity contribution in [1.29, 1.82) is 0 Å². The molecule has 0 bridgehead atoms. The fourth-order valence-electron chi connectivity index (χ4n) is 4.19. The van der Waals surface area contributed by atoms with Crippen molar-refractivity contribution in [1.82, 2.24) is 19.7 Å². The van der Waals surface area contributed by atoms with E-state index in [-0.39, 0.29) is 11.6 Å². The Bertz CT molecular complexity index is 992. The maximum atomic E-state index is 11.9. The fraction of sp³-hybridized carbons (Fsp3) is 0.381. The largest absolute Gasteiger partial charge is 0.381 e. The van der Waals surface area contributed by atoms with Crippen LogP contribution in [-0.4, -0.2) is 33.0 Å². The van der Waals surface area contributed by atoms with Crippen LogP contribution in [0.4, 0.5) is 0 Å². The third-order valence-electron chi connectivity index (χ3n) is 5.62. The van der Waals surface area contributed by atoms with Crippen LogP contribution in [0, 0.1) is 0 Å². The second kappa shape index (κ2) is 6.78. The topological polar surface area (TPSA) is 72.8 Å². The summed E-state index contributed by atoms with van der Waals surface area (Å²) in [5.74, 6) is 1.94. The van der Waals surface area contributed by atoms with Crippen molar-refractivity contribution in [2.24, 2.45) is 0 Å². The smallest absolute Gasteiger partial charge is 0.248 e. The Morgan fingerprint density at radius 2 is 1.74 bits per heavy atom. The van der Waals surface area contributed by atoms with Crippen LogP contribution < -0.4 is 5.56 Å². The average Bonchev–Trinajstić information content (AvgIpc) is 3.33. The van der Waals surface area contributed by atoms with Crippen LogP contribution in [0.15, 0.2) is 47.3 Å². The lowest BCUT2D eigenvalue weighted by molar-refractivity contribution is 0.0835. The minimum atomic E-state index is -0.121. The molecule has 0 unspecified atom stereocenters. The first-order valence-electron chi connectivity index (χ1n) is 9.58. The molecule has 5 rings (SSSR count). The number of hydrogen-bond donors (Lipinski definition) is 1. The van der Waals surface area contributed by atoms with Gasteiger partial charge in [-0.15, -0.1) is 0 Å². The first-order valence-corrected chi connectivity index (χ1v) is 9.58. The summed E-state index contributed by atoms with van der Waals surface area (Å²) in [6.45, 7) is 1.51. The quantitative estimate of drug-likeness (QED) is 0.778. The molecule has 0 radical (unpaired) electrons. The molecule has 0 atom stereocenters. The van der Waals surface area contributed by atoms with Crippen molar-refractivity contribution in [2.75, 3.05) is 13.2 Å². The van der Waals surface area contributed by atoms with Crippen molar-refractivity contribution < 1.29 is 4.74 Å². The molecule has 2 aromatic heterocycles. The van der Waals surface area contributed by atoms with E-state index in [0.29, 0.717) is 5.92 Å². The zero-order chi connectivity index (χ0) is 18.2. The molecule has 27 heavy (non-hydrogen) atoms. The van der Waals surface area contributed by atoms with E-state index in [4.69, 9.17) is 14.8 Å². The number of nitrogens with zero attached hydrogens (tertiary/aromatic N) is 3. The van der Waals surface area contributed by atoms with Crippen molar-refractivity contribution in [3.05, 3.63) is 69.8 Å². The van der Waals surface area contributed by atoms with Gasteiger partial charge in [-0.2, -0.15) is 5.10 Å². The van der Waals surface area contributed by atoms with Crippen LogP contribution in [-0.2, 0) is 17.6 Å². The first-order chi connectivity index (χ1) is 13.3. The van der Waals surface area contributed by atoms with Crippen LogP contribution >= 0.6 is 0 Å². The third kappa shape index (κ3) is 3.10. The molecule has 1 aromatic carbocycles. The maximum Gasteiger partial charge on any atom is 0.248 e. The lowest BCUT2D eigenvalue weighted by atomic mass is 10.00. The number of fused-ring (bicyclic) bond motifs is 1. The zero-order valence-electron chi connectivity index (χ0n) is 15.1. The molecule has 1 saturated heterocycles. The molecule has 1 aliphatic heterocycles. The minimum absolute atomic E-state index is 0.121. The summed E-state index contributed by atoms with van der Waals surface area (Å²) in [6, 6.07) is 14.0. The Balaban J connectivity index is 1.56. The fourth-order valence-corrected chi connectivity index (χ4v) is 4.19. The summed E-state index contributed by atoms with van der Waals surface area (Å²) in [5.41, 5.74) is 3.35. The minimum Gasteiger partial charge on any atom is -0.381 e. The van der Waals surface area contributed by atoms with Gasteiger partial charge in [0.05, 0.1) is 11.7 Å². The van der Waals surface area contributed by atoms with E-state index in [9.17, 15) is 4.79 Å². The van der Waals surface area contributed by atoms with Crippen LogP contribution in [0.2, 0.25) is 0 Å². The zero-order valence-corrected chi connectivity index (χ0v) is 15.1. The molecule has 1 aliphatic carbocycles. The van der Waals surface area contributed by atoms with Gasteiger partial charge in [0, 0.05) is 25.2 Å². The molecule has 6 nitrogen and oxygen atoms in total. The number of pyridine rings is 1. The number of ether oxygens (including phenoxy) is 1. The summed E-state index contributed by atoms with van der Waals surface area (Å²) in [5, 5.41) is 4.93. The number of aromatic amines is 1. The van der Waals surface area contributed by atoms with Gasteiger partial charge in [-0.1, -0.05) is 30.3 Å². The summed E-state index contributed by atoms with van der Waals surface area (Å²) in [4.78, 5) is 19.7. The van der Waals surface area contributed by atoms with E-state index >= 15 is 0 Å². The van der Waals surface area contributed by atoms with Crippen molar-refractivity contribution in [3.63, 3.8) is 0 Å². The van der Waals surface area contributed by atoms with Gasteiger partial charge in [0.1, 0.15) is 0 Å². The lowest BCUT2D eigenvalue weighted by Gasteiger charge is -2.19. The highest BCUT2D eigenvalue weighted by atomic mass is 16.5. The van der Waals surface area contributed by atoms with E-state index in [1.165, 1.54) is 17.2 Å². The predicted molar refractivity (Wildman–Crippen MR) is 102 cm³/mol. The highest BCUT2D eigenvalue weighted by molar-refractivity contribution is 5.49. The van der Waals surface area contributed by atoms with E-state index < -0.39 is 0 Å². The number of hydrogen-bond acceptors (Lipinski definition) is 4. The number of rotatable bonds is 3. The van der Waals surface area contributed by atoms with Gasteiger partial charge in [-0.3, -0.25) is 4.79 Å². The van der Waals surface area contributed by atoms with Crippen molar-refractivity contribution in [3.8, 4) is 11.5 Å². The van der Waals surface area contributed by atoms with E-state index in [1.54, 1.807) is 6.07 Å². The van der Waals surface area contributed by atoms with Crippen LogP contribution in [0.3, 0.4) is 0 Å². The monoisotopic (exact) mass is 362 g/mol. The standard InChI is InChI=1S/C21H22N4O2/c26-19-7-3-6-18(22-19)21-23-20(14-8-10-27-11-9-14)24-25(21)17-12-15-4-1-2-5-16(15)13-17/h1-7,14,17H,8-13H2,(H,22,26). The van der Waals surface area contributed by atoms with Gasteiger partial charge in [-0.25, -0.2) is 9.67 Å². The Kier molecular flexibility index (Phi) is 4.13. The molecule has 6 heteroatoms. The van der Waals surface area contributed by atoms with E-state index in [0.717, 1.165) is 56.2 Å². The van der Waals surface area contributed by atoms with Gasteiger partial charge in [0.25, 0.3) is 0 Å². The van der Waals surface area contributed by atoms with Gasteiger partial charge in [0.2, 0.25) is 5.56 Å². The number of aromatic nitrogens is 4. The van der Waals surface area contributed by atoms with Gasteiger partial charge in [0.15, 0.2) is 11.6 Å². The van der Waals surface area contributed by atoms with E-state index in [1.807, 2.05) is 10.7 Å². The second-order valence-electron chi connectivity index (χ2n) is 7.38. The highest BCUT2D eigenvalue weighted by Crippen LogP contribution is 2.34. The molecular formula is C21H22N4O2. The predicted octanol–water partition coefficient (Wildman–Crippen LogP) is 2.87. The number of benzene rings is 1. The highest BCUT2D eigenvalue weighted by Gasteiger charge is 2.29. The van der Waals surface area contributed by atoms with Crippen LogP contribution in [0.1, 0.15) is 41.8 Å². The van der Waals surface area contributed by atoms with Gasteiger partial charge in [-0.05, 0) is 42.9 Å². The first kappa shape index (κ1) is 16.4. The Labute approximate surface area is 157 Å². The lowest BCUT2D eigenvalue weighted by Crippen LogP contribution is -2.16. The molecule has 0 amide bonds. The number of nitrogens with one attached hydrogen (secondary N) is 1. The van der Waals surface area contributed by atoms with Crippen LogP contribution in [0.25, 0.3) is 11.5 Å². The molecule has 0 saturated carbocycles. The molecule has 1 N–H and O–H groups in total. The molecule has 1 fully saturated rings. The summed E-state index contributed by atoms with van der Waals surface area (Å²) >= 11 is 0. The summed E-state index contributed by atoms with van der Waals surface area (Å²) in [6.07, 6.45) is 3.77. The molecular weight excluding hydrogens is 340 g/mol. The molecule has 3 aromatic rings. The van der Waals surface area contributed by atoms with Gasteiger partial charge >= 0.3 is 0 Å². The van der Waals surface area contributed by atoms with Crippen LogP contribution in [0.5, 0.6) is 0 Å². The van der Waals surface area contributed by atoms with Gasteiger partial charge < -0.3 is 9.72 Å². The average molecular weight is 362 g/mol. The maximum absolute atomic E-state index is 11.9. The Hall–Kier alpha value is -2.73. The van der Waals surface area contributed by atoms with Crippen molar-refractivity contribution >= 4 is 0 Å². The normalized spacial score (nSPS) is 17.9. The SMILES string of the molecule is O=c1cccc(-c2nc(C3CCOCC3)nn2C2Cc3ccccc3C2)[nH]1. The molecule has 3 heterocycles. The van der Waals surface area contributed by atoms with E-state index in [2.05, 4.69) is 29.2 Å². The van der Waals surface area contributed by atoms with Crippen molar-refractivity contribution in [2.45, 2.75) is 37.6 Å². The summed E-state index contributed by atoms with van der Waals surface area (Å²) < 4.78 is 7.53. The second-order valence-corrected chi connectivity index (χ2v) is 7.38.